The van der Waals surface area contributed by atoms with Crippen LogP contribution < -0.4 is 0 Å². The van der Waals surface area contributed by atoms with Crippen molar-refractivity contribution in [2.75, 3.05) is 13.1 Å². The third kappa shape index (κ3) is 3.02. The van der Waals surface area contributed by atoms with Gasteiger partial charge in [0, 0.05) is 22.6 Å². The van der Waals surface area contributed by atoms with Gasteiger partial charge < -0.3 is 5.11 Å². The second-order valence-corrected chi connectivity index (χ2v) is 7.10. The number of hydrogen-bond acceptors (Lipinski definition) is 2. The van der Waals surface area contributed by atoms with Crippen molar-refractivity contribution in [2.45, 2.75) is 26.8 Å². The normalized spacial score (nSPS) is 23.4. The molecule has 0 bridgehead atoms. The summed E-state index contributed by atoms with van der Waals surface area (Å²) in [6.45, 7) is 6.17. The summed E-state index contributed by atoms with van der Waals surface area (Å²) in [5, 5.41) is 10.3. The van der Waals surface area contributed by atoms with Crippen LogP contribution in [0, 0.1) is 11.3 Å². The molecule has 0 aromatic heterocycles. The van der Waals surface area contributed by atoms with Gasteiger partial charge in [-0.15, -0.1) is 0 Å². The van der Waals surface area contributed by atoms with Gasteiger partial charge in [0.15, 0.2) is 0 Å². The van der Waals surface area contributed by atoms with Crippen molar-refractivity contribution in [3.63, 3.8) is 0 Å². The van der Waals surface area contributed by atoms with Gasteiger partial charge in [-0.05, 0) is 36.6 Å². The van der Waals surface area contributed by atoms with E-state index >= 15 is 0 Å². The van der Waals surface area contributed by atoms with Crippen LogP contribution in [0.25, 0.3) is 0 Å². The molecule has 0 amide bonds. The van der Waals surface area contributed by atoms with Crippen LogP contribution in [0.1, 0.15) is 25.8 Å². The van der Waals surface area contributed by atoms with Crippen LogP contribution in [0.5, 0.6) is 0 Å². The molecule has 1 saturated heterocycles. The van der Waals surface area contributed by atoms with Crippen molar-refractivity contribution in [3.8, 4) is 0 Å². The first-order valence-corrected chi connectivity index (χ1v) is 7.92. The van der Waals surface area contributed by atoms with Gasteiger partial charge in [0.05, 0.1) is 5.41 Å². The fourth-order valence-electron chi connectivity index (χ4n) is 2.83. The molecular weight excluding hydrogens is 342 g/mol. The van der Waals surface area contributed by atoms with E-state index in [4.69, 9.17) is 11.6 Å². The van der Waals surface area contributed by atoms with Crippen molar-refractivity contribution < 1.29 is 9.90 Å². The maximum absolute atomic E-state index is 11.6. The molecule has 1 aromatic carbocycles. The predicted octanol–water partition coefficient (Wildman–Crippen LogP) is 4.04. The fraction of sp³-hybridized carbons (Fsp3) is 0.533. The van der Waals surface area contributed by atoms with Gasteiger partial charge in [-0.1, -0.05) is 47.4 Å². The number of aliphatic carboxylic acids is 1. The van der Waals surface area contributed by atoms with Crippen molar-refractivity contribution in [1.29, 1.82) is 0 Å². The number of benzene rings is 1. The molecule has 1 N–H and O–H groups in total. The number of carboxylic acid groups (broad SMARTS) is 1. The van der Waals surface area contributed by atoms with E-state index in [0.29, 0.717) is 18.0 Å². The Kier molecular flexibility index (Phi) is 4.77. The molecule has 1 fully saturated rings. The molecule has 3 nitrogen and oxygen atoms in total. The highest BCUT2D eigenvalue weighted by molar-refractivity contribution is 9.10. The van der Waals surface area contributed by atoms with Gasteiger partial charge in [0.1, 0.15) is 0 Å². The van der Waals surface area contributed by atoms with Crippen molar-refractivity contribution in [1.82, 2.24) is 4.90 Å². The lowest BCUT2D eigenvalue weighted by Crippen LogP contribution is -2.39. The van der Waals surface area contributed by atoms with Crippen LogP contribution in [0.4, 0.5) is 0 Å². The van der Waals surface area contributed by atoms with E-state index in [1.165, 1.54) is 0 Å². The number of carboxylic acids is 1. The van der Waals surface area contributed by atoms with E-state index in [1.807, 2.05) is 32.0 Å². The Labute approximate surface area is 133 Å². The Bertz CT molecular complexity index is 521. The van der Waals surface area contributed by atoms with E-state index in [0.717, 1.165) is 23.1 Å². The second kappa shape index (κ2) is 6.04. The average molecular weight is 361 g/mol. The fourth-order valence-corrected chi connectivity index (χ4v) is 3.64. The quantitative estimate of drug-likeness (QED) is 0.881. The summed E-state index contributed by atoms with van der Waals surface area (Å²) in [7, 11) is 0. The number of carbonyl (C=O) groups is 1. The summed E-state index contributed by atoms with van der Waals surface area (Å²) in [5.41, 5.74) is 0.526. The molecule has 1 aliphatic heterocycles. The lowest BCUT2D eigenvalue weighted by atomic mass is 9.76. The highest BCUT2D eigenvalue weighted by atomic mass is 79.9. The first-order valence-electron chi connectivity index (χ1n) is 6.75. The molecule has 1 aromatic rings. The lowest BCUT2D eigenvalue weighted by Gasteiger charge is -2.29. The molecule has 1 heterocycles. The molecular formula is C15H19BrClNO2. The molecule has 0 aliphatic carbocycles. The highest BCUT2D eigenvalue weighted by Gasteiger charge is 2.47. The third-order valence-corrected chi connectivity index (χ3v) is 5.29. The van der Waals surface area contributed by atoms with Crippen molar-refractivity contribution in [2.24, 2.45) is 11.3 Å². The van der Waals surface area contributed by atoms with E-state index in [9.17, 15) is 9.90 Å². The molecule has 0 spiro atoms. The molecule has 1 unspecified atom stereocenters. The molecule has 5 heteroatoms. The van der Waals surface area contributed by atoms with Crippen LogP contribution in [0.3, 0.4) is 0 Å². The van der Waals surface area contributed by atoms with E-state index in [-0.39, 0.29) is 5.92 Å². The molecule has 2 rings (SSSR count). The zero-order chi connectivity index (χ0) is 14.9. The predicted molar refractivity (Wildman–Crippen MR) is 84.0 cm³/mol. The van der Waals surface area contributed by atoms with E-state index < -0.39 is 11.4 Å². The van der Waals surface area contributed by atoms with E-state index in [1.54, 1.807) is 0 Å². The smallest absolute Gasteiger partial charge is 0.311 e. The summed E-state index contributed by atoms with van der Waals surface area (Å²) < 4.78 is 0.974. The van der Waals surface area contributed by atoms with Crippen LogP contribution in [-0.2, 0) is 11.3 Å². The summed E-state index contributed by atoms with van der Waals surface area (Å²) >= 11 is 9.45. The Morgan fingerprint density at radius 3 is 2.75 bits per heavy atom. The minimum Gasteiger partial charge on any atom is -0.481 e. The standard InChI is InChI=1S/C15H19BrClNO2/c1-10(2)15(14(19)20)5-6-18(9-15)8-11-3-4-12(17)7-13(11)16/h3-4,7,10H,5-6,8-9H2,1-2H3,(H,19,20). The second-order valence-electron chi connectivity index (χ2n) is 5.81. The summed E-state index contributed by atoms with van der Waals surface area (Å²) in [6.07, 6.45) is 0.714. The molecule has 20 heavy (non-hydrogen) atoms. The average Bonchev–Trinajstić information content (AvgIpc) is 2.78. The number of halogens is 2. The van der Waals surface area contributed by atoms with Gasteiger partial charge in [0.2, 0.25) is 0 Å². The number of rotatable bonds is 4. The number of hydrogen-bond donors (Lipinski definition) is 1. The zero-order valence-electron chi connectivity index (χ0n) is 11.7. The van der Waals surface area contributed by atoms with Crippen molar-refractivity contribution in [3.05, 3.63) is 33.3 Å². The summed E-state index contributed by atoms with van der Waals surface area (Å²) in [4.78, 5) is 13.8. The molecule has 110 valence electrons. The van der Waals surface area contributed by atoms with Crippen LogP contribution in [0.15, 0.2) is 22.7 Å². The Balaban J connectivity index is 2.11. The third-order valence-electron chi connectivity index (χ3n) is 4.32. The first-order chi connectivity index (χ1) is 9.35. The maximum atomic E-state index is 11.6. The van der Waals surface area contributed by atoms with Crippen LogP contribution in [0.2, 0.25) is 5.02 Å². The topological polar surface area (TPSA) is 40.5 Å². The summed E-state index contributed by atoms with van der Waals surface area (Å²) in [6, 6.07) is 5.73. The minimum atomic E-state index is -0.676. The van der Waals surface area contributed by atoms with Gasteiger partial charge in [-0.25, -0.2) is 0 Å². The maximum Gasteiger partial charge on any atom is 0.311 e. The Hall–Kier alpha value is -0.580. The molecule has 0 radical (unpaired) electrons. The van der Waals surface area contributed by atoms with Crippen LogP contribution >= 0.6 is 27.5 Å². The molecule has 0 saturated carbocycles. The number of nitrogens with zero attached hydrogens (tertiary/aromatic N) is 1. The van der Waals surface area contributed by atoms with Gasteiger partial charge >= 0.3 is 5.97 Å². The van der Waals surface area contributed by atoms with E-state index in [2.05, 4.69) is 20.8 Å². The zero-order valence-corrected chi connectivity index (χ0v) is 14.0. The van der Waals surface area contributed by atoms with Gasteiger partial charge in [-0.3, -0.25) is 9.69 Å². The monoisotopic (exact) mass is 359 g/mol. The highest BCUT2D eigenvalue weighted by Crippen LogP contribution is 2.39. The first kappa shape index (κ1) is 15.8. The van der Waals surface area contributed by atoms with Gasteiger partial charge in [0.25, 0.3) is 0 Å². The molecule has 1 atom stereocenters. The Morgan fingerprint density at radius 1 is 1.55 bits per heavy atom. The van der Waals surface area contributed by atoms with Crippen molar-refractivity contribution >= 4 is 33.5 Å². The summed E-state index contributed by atoms with van der Waals surface area (Å²) in [5.74, 6) is -0.538. The Morgan fingerprint density at radius 2 is 2.25 bits per heavy atom. The largest absolute Gasteiger partial charge is 0.481 e. The number of likely N-dealkylation sites (tertiary alicyclic amines) is 1. The lowest BCUT2D eigenvalue weighted by molar-refractivity contribution is -0.151. The van der Waals surface area contributed by atoms with Gasteiger partial charge in [-0.2, -0.15) is 0 Å². The minimum absolute atomic E-state index is 0.138. The SMILES string of the molecule is CC(C)C1(C(=O)O)CCN(Cc2ccc(Cl)cc2Br)C1. The van der Waals surface area contributed by atoms with Crippen LogP contribution in [-0.4, -0.2) is 29.1 Å². The molecule has 1 aliphatic rings.